The van der Waals surface area contributed by atoms with Crippen LogP contribution < -0.4 is 4.72 Å². The fourth-order valence-corrected chi connectivity index (χ4v) is 3.58. The molecule has 1 rings (SSSR count). The zero-order valence-corrected chi connectivity index (χ0v) is 11.8. The highest BCUT2D eigenvalue weighted by Gasteiger charge is 2.18. The molecule has 0 fully saturated rings. The Labute approximate surface area is 112 Å². The molecule has 0 aliphatic heterocycles. The lowest BCUT2D eigenvalue weighted by atomic mass is 10.4. The first-order valence-electron chi connectivity index (χ1n) is 4.13. The van der Waals surface area contributed by atoms with Gasteiger partial charge in [-0.1, -0.05) is 23.2 Å². The third kappa shape index (κ3) is 3.32. The van der Waals surface area contributed by atoms with E-state index in [1.807, 2.05) is 0 Å². The molecule has 0 unspecified atom stereocenters. The highest BCUT2D eigenvalue weighted by Crippen LogP contribution is 2.31. The molecule has 1 aromatic rings. The van der Waals surface area contributed by atoms with E-state index in [1.54, 1.807) is 0 Å². The van der Waals surface area contributed by atoms with Gasteiger partial charge in [-0.2, -0.15) is 0 Å². The van der Waals surface area contributed by atoms with Crippen molar-refractivity contribution in [3.63, 3.8) is 0 Å². The molecule has 0 aliphatic carbocycles. The summed E-state index contributed by atoms with van der Waals surface area (Å²) >= 11 is 14.5. The lowest BCUT2D eigenvalue weighted by molar-refractivity contribution is 0.301. The van der Waals surface area contributed by atoms with Crippen LogP contribution in [0.25, 0.3) is 0 Å². The van der Waals surface area contributed by atoms with Crippen molar-refractivity contribution in [3.05, 3.63) is 26.7 Å². The third-order valence-corrected chi connectivity index (χ3v) is 4.81. The van der Waals surface area contributed by atoms with Crippen molar-refractivity contribution in [2.24, 2.45) is 0 Å². The normalized spacial score (nSPS) is 11.8. The molecule has 90 valence electrons. The van der Waals surface area contributed by atoms with Gasteiger partial charge in [0.25, 0.3) is 0 Å². The lowest BCUT2D eigenvalue weighted by Gasteiger charge is -2.08. The van der Waals surface area contributed by atoms with E-state index in [1.165, 1.54) is 12.1 Å². The highest BCUT2D eigenvalue weighted by molar-refractivity contribution is 9.10. The van der Waals surface area contributed by atoms with Crippen LogP contribution in [0.1, 0.15) is 0 Å². The number of sulfonamides is 1. The summed E-state index contributed by atoms with van der Waals surface area (Å²) in [4.78, 5) is -0.0182. The summed E-state index contributed by atoms with van der Waals surface area (Å²) in [5.41, 5.74) is 0. The van der Waals surface area contributed by atoms with Crippen molar-refractivity contribution < 1.29 is 13.5 Å². The lowest BCUT2D eigenvalue weighted by Crippen LogP contribution is -2.26. The Morgan fingerprint density at radius 3 is 2.44 bits per heavy atom. The van der Waals surface area contributed by atoms with Crippen LogP contribution in [-0.2, 0) is 10.0 Å². The fourth-order valence-electron chi connectivity index (χ4n) is 0.968. The molecule has 0 radical (unpaired) electrons. The van der Waals surface area contributed by atoms with E-state index in [0.29, 0.717) is 4.47 Å². The molecule has 2 N–H and O–H groups in total. The van der Waals surface area contributed by atoms with Crippen LogP contribution in [0.5, 0.6) is 0 Å². The molecule has 0 atom stereocenters. The molecular weight excluding hydrogens is 341 g/mol. The summed E-state index contributed by atoms with van der Waals surface area (Å²) in [6, 6.07) is 2.64. The van der Waals surface area contributed by atoms with E-state index in [2.05, 4.69) is 20.7 Å². The van der Waals surface area contributed by atoms with E-state index < -0.39 is 10.0 Å². The average Bonchev–Trinajstić information content (AvgIpc) is 2.20. The maximum Gasteiger partial charge on any atom is 0.241 e. The summed E-state index contributed by atoms with van der Waals surface area (Å²) in [7, 11) is -3.69. The second kappa shape index (κ2) is 5.66. The summed E-state index contributed by atoms with van der Waals surface area (Å²) in [5.74, 6) is 0. The minimum atomic E-state index is -3.69. The number of benzene rings is 1. The van der Waals surface area contributed by atoms with Gasteiger partial charge < -0.3 is 5.11 Å². The number of hydrogen-bond acceptors (Lipinski definition) is 3. The summed E-state index contributed by atoms with van der Waals surface area (Å²) in [5, 5.41) is 8.97. The molecule has 0 spiro atoms. The van der Waals surface area contributed by atoms with Gasteiger partial charge >= 0.3 is 0 Å². The predicted octanol–water partition coefficient (Wildman–Crippen LogP) is 2.03. The summed E-state index contributed by atoms with van der Waals surface area (Å²) in [6.45, 7) is -0.340. The highest BCUT2D eigenvalue weighted by atomic mass is 79.9. The van der Waals surface area contributed by atoms with Crippen molar-refractivity contribution in [1.29, 1.82) is 0 Å². The van der Waals surface area contributed by atoms with Crippen LogP contribution in [0.3, 0.4) is 0 Å². The van der Waals surface area contributed by atoms with Gasteiger partial charge in [0, 0.05) is 11.0 Å². The molecule has 16 heavy (non-hydrogen) atoms. The smallest absolute Gasteiger partial charge is 0.241 e. The SMILES string of the molecule is O=S(=O)(NCCO)c1cc(Cl)c(Cl)cc1Br. The second-order valence-corrected chi connectivity index (χ2v) is 6.22. The topological polar surface area (TPSA) is 66.4 Å². The van der Waals surface area contributed by atoms with Gasteiger partial charge in [0.2, 0.25) is 10.0 Å². The van der Waals surface area contributed by atoms with Gasteiger partial charge in [-0.15, -0.1) is 0 Å². The molecule has 0 heterocycles. The molecule has 0 aliphatic rings. The molecule has 0 saturated heterocycles. The predicted molar refractivity (Wildman–Crippen MR) is 66.4 cm³/mol. The van der Waals surface area contributed by atoms with Gasteiger partial charge in [-0.25, -0.2) is 13.1 Å². The van der Waals surface area contributed by atoms with Gasteiger partial charge in [0.15, 0.2) is 0 Å². The Morgan fingerprint density at radius 2 is 1.88 bits per heavy atom. The zero-order chi connectivity index (χ0) is 12.3. The van der Waals surface area contributed by atoms with Crippen LogP contribution in [0.4, 0.5) is 0 Å². The number of aliphatic hydroxyl groups is 1. The Balaban J connectivity index is 3.18. The molecule has 0 amide bonds. The van der Waals surface area contributed by atoms with Crippen LogP contribution >= 0.6 is 39.1 Å². The van der Waals surface area contributed by atoms with Gasteiger partial charge in [-0.05, 0) is 28.1 Å². The fraction of sp³-hybridized carbons (Fsp3) is 0.250. The van der Waals surface area contributed by atoms with E-state index >= 15 is 0 Å². The van der Waals surface area contributed by atoms with E-state index in [9.17, 15) is 8.42 Å². The van der Waals surface area contributed by atoms with Crippen molar-refractivity contribution in [2.45, 2.75) is 4.90 Å². The Morgan fingerprint density at radius 1 is 1.31 bits per heavy atom. The number of rotatable bonds is 4. The first-order chi connectivity index (χ1) is 7.38. The van der Waals surface area contributed by atoms with Crippen molar-refractivity contribution in [1.82, 2.24) is 4.72 Å². The first kappa shape index (κ1) is 14.2. The molecule has 0 saturated carbocycles. The van der Waals surface area contributed by atoms with Gasteiger partial charge in [0.05, 0.1) is 21.5 Å². The largest absolute Gasteiger partial charge is 0.395 e. The Hall–Kier alpha value is 0.150. The third-order valence-electron chi connectivity index (χ3n) is 1.67. The maximum absolute atomic E-state index is 11.7. The van der Waals surface area contributed by atoms with Gasteiger partial charge in [0.1, 0.15) is 0 Å². The molecule has 1 aromatic carbocycles. The number of aliphatic hydroxyl groups excluding tert-OH is 1. The van der Waals surface area contributed by atoms with E-state index in [-0.39, 0.29) is 28.1 Å². The first-order valence-corrected chi connectivity index (χ1v) is 7.17. The van der Waals surface area contributed by atoms with Crippen LogP contribution in [-0.4, -0.2) is 26.7 Å². The Kier molecular flexibility index (Phi) is 5.03. The van der Waals surface area contributed by atoms with Crippen molar-refractivity contribution >= 4 is 49.2 Å². The zero-order valence-electron chi connectivity index (χ0n) is 7.87. The second-order valence-electron chi connectivity index (χ2n) is 2.82. The maximum atomic E-state index is 11.7. The standard InChI is InChI=1S/C8H8BrCl2NO3S/c9-5-3-6(10)7(11)4-8(5)16(14,15)12-1-2-13/h3-4,12-13H,1-2H2. The summed E-state index contributed by atoms with van der Waals surface area (Å²) < 4.78 is 26.0. The number of halogens is 3. The van der Waals surface area contributed by atoms with Crippen LogP contribution in [0.15, 0.2) is 21.5 Å². The monoisotopic (exact) mass is 347 g/mol. The molecule has 0 aromatic heterocycles. The van der Waals surface area contributed by atoms with E-state index in [0.717, 1.165) is 0 Å². The average molecular weight is 349 g/mol. The minimum absolute atomic E-state index is 0.0182. The molecule has 0 bridgehead atoms. The Bertz CT molecular complexity index is 492. The minimum Gasteiger partial charge on any atom is -0.395 e. The van der Waals surface area contributed by atoms with Crippen LogP contribution in [0, 0.1) is 0 Å². The number of nitrogens with one attached hydrogen (secondary N) is 1. The van der Waals surface area contributed by atoms with Crippen molar-refractivity contribution in [3.8, 4) is 0 Å². The van der Waals surface area contributed by atoms with E-state index in [4.69, 9.17) is 28.3 Å². The summed E-state index contributed by atoms with van der Waals surface area (Å²) in [6.07, 6.45) is 0. The molecule has 4 nitrogen and oxygen atoms in total. The molecular formula is C8H8BrCl2NO3S. The van der Waals surface area contributed by atoms with Gasteiger partial charge in [-0.3, -0.25) is 0 Å². The number of hydrogen-bond donors (Lipinski definition) is 2. The van der Waals surface area contributed by atoms with Crippen molar-refractivity contribution in [2.75, 3.05) is 13.2 Å². The quantitative estimate of drug-likeness (QED) is 0.818. The van der Waals surface area contributed by atoms with Crippen LogP contribution in [0.2, 0.25) is 10.0 Å². The molecule has 8 heteroatoms.